The number of nitriles is 1. The van der Waals surface area contributed by atoms with Crippen molar-refractivity contribution in [1.29, 1.82) is 5.26 Å². The summed E-state index contributed by atoms with van der Waals surface area (Å²) in [6, 6.07) is 13.5. The van der Waals surface area contributed by atoms with Crippen LogP contribution in [0.25, 0.3) is 16.7 Å². The van der Waals surface area contributed by atoms with Crippen LogP contribution in [0.1, 0.15) is 18.4 Å². The number of ether oxygens (including phenoxy) is 1. The first kappa shape index (κ1) is 15.3. The molecule has 3 heterocycles. The van der Waals surface area contributed by atoms with Gasteiger partial charge in [-0.05, 0) is 31.0 Å². The number of rotatable bonds is 3. The third kappa shape index (κ3) is 2.84. The van der Waals surface area contributed by atoms with Crippen LogP contribution in [-0.4, -0.2) is 33.4 Å². The van der Waals surface area contributed by atoms with Gasteiger partial charge in [0.25, 0.3) is 5.91 Å². The summed E-state index contributed by atoms with van der Waals surface area (Å²) in [5.74, 6) is 0.574. The number of para-hydroxylation sites is 1. The Hall–Kier alpha value is -3.24. The smallest absolute Gasteiger partial charge is 0.254 e. The Labute approximate surface area is 143 Å². The lowest BCUT2D eigenvalue weighted by molar-refractivity contribution is -0.124. The number of nitrogens with one attached hydrogen (secondary N) is 1. The Kier molecular flexibility index (Phi) is 3.88. The van der Waals surface area contributed by atoms with Gasteiger partial charge in [-0.3, -0.25) is 4.79 Å². The lowest BCUT2D eigenvalue weighted by Crippen LogP contribution is -2.28. The maximum absolute atomic E-state index is 12.4. The zero-order chi connectivity index (χ0) is 17.2. The highest BCUT2D eigenvalue weighted by atomic mass is 16.5. The molecule has 7 nitrogen and oxygen atoms in total. The van der Waals surface area contributed by atoms with Gasteiger partial charge in [-0.1, -0.05) is 18.2 Å². The molecule has 1 saturated heterocycles. The monoisotopic (exact) mass is 333 g/mol. The minimum Gasteiger partial charge on any atom is -0.368 e. The van der Waals surface area contributed by atoms with Gasteiger partial charge in [-0.15, -0.1) is 0 Å². The Morgan fingerprint density at radius 2 is 2.20 bits per heavy atom. The molecule has 2 aromatic heterocycles. The first-order valence-electron chi connectivity index (χ1n) is 8.03. The van der Waals surface area contributed by atoms with Gasteiger partial charge in [0.15, 0.2) is 11.6 Å². The quantitative estimate of drug-likeness (QED) is 0.794. The van der Waals surface area contributed by atoms with Gasteiger partial charge in [0.1, 0.15) is 17.7 Å². The van der Waals surface area contributed by atoms with Crippen molar-refractivity contribution in [3.8, 4) is 11.9 Å². The van der Waals surface area contributed by atoms with Crippen LogP contribution in [-0.2, 0) is 9.53 Å². The molecule has 1 amide bonds. The predicted molar refractivity (Wildman–Crippen MR) is 91.2 cm³/mol. The number of pyridine rings is 1. The van der Waals surface area contributed by atoms with Crippen LogP contribution in [0.5, 0.6) is 0 Å². The molecule has 0 spiro atoms. The number of hydrogen-bond donors (Lipinski definition) is 1. The molecule has 0 bridgehead atoms. The fraction of sp³-hybridized carbons (Fsp3) is 0.222. The van der Waals surface area contributed by atoms with E-state index < -0.39 is 6.10 Å². The minimum atomic E-state index is -0.487. The van der Waals surface area contributed by atoms with Crippen LogP contribution in [0.3, 0.4) is 0 Å². The molecule has 0 aliphatic carbocycles. The second kappa shape index (κ2) is 6.34. The van der Waals surface area contributed by atoms with E-state index in [9.17, 15) is 10.1 Å². The molecule has 1 fully saturated rings. The van der Waals surface area contributed by atoms with E-state index in [1.807, 2.05) is 30.3 Å². The Bertz CT molecular complexity index is 983. The number of carbonyl (C=O) groups is 1. The molecular formula is C18H15N5O2. The van der Waals surface area contributed by atoms with Crippen LogP contribution in [0.15, 0.2) is 42.6 Å². The van der Waals surface area contributed by atoms with Gasteiger partial charge < -0.3 is 10.1 Å². The molecule has 1 aliphatic rings. The van der Waals surface area contributed by atoms with Crippen LogP contribution >= 0.6 is 0 Å². The maximum Gasteiger partial charge on any atom is 0.254 e. The number of anilines is 1. The van der Waals surface area contributed by atoms with Crippen molar-refractivity contribution in [2.24, 2.45) is 0 Å². The van der Waals surface area contributed by atoms with Gasteiger partial charge in [0.2, 0.25) is 0 Å². The first-order chi connectivity index (χ1) is 12.3. The second-order valence-electron chi connectivity index (χ2n) is 5.78. The third-order valence-corrected chi connectivity index (χ3v) is 4.15. The summed E-state index contributed by atoms with van der Waals surface area (Å²) in [6.45, 7) is 0.578. The van der Waals surface area contributed by atoms with Crippen LogP contribution in [0.2, 0.25) is 0 Å². The molecule has 1 aromatic carbocycles. The second-order valence-corrected chi connectivity index (χ2v) is 5.78. The summed E-state index contributed by atoms with van der Waals surface area (Å²) in [4.78, 5) is 16.9. The molecular weight excluding hydrogens is 318 g/mol. The number of amides is 1. The summed E-state index contributed by atoms with van der Waals surface area (Å²) in [6.07, 6.45) is 2.46. The Morgan fingerprint density at radius 1 is 1.32 bits per heavy atom. The number of hydrogen-bond acceptors (Lipinski definition) is 5. The molecule has 1 N–H and O–H groups in total. The van der Waals surface area contributed by atoms with E-state index in [4.69, 9.17) is 4.74 Å². The Morgan fingerprint density at radius 3 is 3.00 bits per heavy atom. The molecule has 25 heavy (non-hydrogen) atoms. The highest BCUT2D eigenvalue weighted by Gasteiger charge is 2.26. The SMILES string of the molecule is N#Cc1cnn(-c2ccc3ccccc3n2)c1NC(=O)C1CCCO1. The average molecular weight is 333 g/mol. The third-order valence-electron chi connectivity index (χ3n) is 4.15. The average Bonchev–Trinajstić information content (AvgIpc) is 3.31. The van der Waals surface area contributed by atoms with Gasteiger partial charge >= 0.3 is 0 Å². The lowest BCUT2D eigenvalue weighted by Gasteiger charge is -2.12. The molecule has 1 aliphatic heterocycles. The first-order valence-corrected chi connectivity index (χ1v) is 8.03. The van der Waals surface area contributed by atoms with E-state index in [2.05, 4.69) is 21.5 Å². The number of nitrogens with zero attached hydrogens (tertiary/aromatic N) is 4. The van der Waals surface area contributed by atoms with E-state index in [1.165, 1.54) is 10.9 Å². The fourth-order valence-electron chi connectivity index (χ4n) is 2.88. The molecule has 0 radical (unpaired) electrons. The summed E-state index contributed by atoms with van der Waals surface area (Å²) >= 11 is 0. The largest absolute Gasteiger partial charge is 0.368 e. The minimum absolute atomic E-state index is 0.267. The van der Waals surface area contributed by atoms with Gasteiger partial charge in [-0.2, -0.15) is 15.0 Å². The topological polar surface area (TPSA) is 92.8 Å². The summed E-state index contributed by atoms with van der Waals surface area (Å²) in [7, 11) is 0. The summed E-state index contributed by atoms with van der Waals surface area (Å²) in [5.41, 5.74) is 1.09. The zero-order valence-electron chi connectivity index (χ0n) is 13.3. The molecule has 3 aromatic rings. The highest BCUT2D eigenvalue weighted by Crippen LogP contribution is 2.22. The summed E-state index contributed by atoms with van der Waals surface area (Å²) in [5, 5.41) is 17.3. The van der Waals surface area contributed by atoms with Crippen molar-refractivity contribution in [2.45, 2.75) is 18.9 Å². The normalized spacial score (nSPS) is 16.7. The van der Waals surface area contributed by atoms with Gasteiger partial charge in [-0.25, -0.2) is 4.98 Å². The van der Waals surface area contributed by atoms with Crippen molar-refractivity contribution >= 4 is 22.6 Å². The fourth-order valence-corrected chi connectivity index (χ4v) is 2.88. The standard InChI is InChI=1S/C18H15N5O2/c19-10-13-11-20-23(17(13)22-18(24)15-6-3-9-25-15)16-8-7-12-4-1-2-5-14(12)21-16/h1-2,4-5,7-8,11,15H,3,6,9H2,(H,22,24). The van der Waals surface area contributed by atoms with E-state index in [0.717, 1.165) is 17.3 Å². The van der Waals surface area contributed by atoms with Crippen LogP contribution in [0, 0.1) is 11.3 Å². The number of carbonyl (C=O) groups excluding carboxylic acids is 1. The van der Waals surface area contributed by atoms with Gasteiger partial charge in [0.05, 0.1) is 11.7 Å². The Balaban J connectivity index is 1.72. The van der Waals surface area contributed by atoms with Crippen molar-refractivity contribution in [2.75, 3.05) is 11.9 Å². The molecule has 124 valence electrons. The number of aromatic nitrogens is 3. The molecule has 1 atom stereocenters. The summed E-state index contributed by atoms with van der Waals surface area (Å²) < 4.78 is 6.87. The predicted octanol–water partition coefficient (Wildman–Crippen LogP) is 2.41. The van der Waals surface area contributed by atoms with E-state index in [-0.39, 0.29) is 11.5 Å². The van der Waals surface area contributed by atoms with Crippen molar-refractivity contribution in [3.63, 3.8) is 0 Å². The molecule has 7 heteroatoms. The van der Waals surface area contributed by atoms with Crippen molar-refractivity contribution in [3.05, 3.63) is 48.2 Å². The zero-order valence-corrected chi connectivity index (χ0v) is 13.3. The van der Waals surface area contributed by atoms with E-state index in [0.29, 0.717) is 24.7 Å². The maximum atomic E-state index is 12.4. The molecule has 1 unspecified atom stereocenters. The highest BCUT2D eigenvalue weighted by molar-refractivity contribution is 5.95. The lowest BCUT2D eigenvalue weighted by atomic mass is 10.2. The number of benzene rings is 1. The van der Waals surface area contributed by atoms with Crippen molar-refractivity contribution < 1.29 is 9.53 Å². The number of fused-ring (bicyclic) bond motifs is 1. The van der Waals surface area contributed by atoms with Crippen LogP contribution < -0.4 is 5.32 Å². The van der Waals surface area contributed by atoms with Gasteiger partial charge in [0, 0.05) is 12.0 Å². The van der Waals surface area contributed by atoms with Crippen LogP contribution in [0.4, 0.5) is 5.82 Å². The molecule has 4 rings (SSSR count). The van der Waals surface area contributed by atoms with Crippen molar-refractivity contribution in [1.82, 2.24) is 14.8 Å². The van der Waals surface area contributed by atoms with E-state index in [1.54, 1.807) is 6.07 Å². The molecule has 0 saturated carbocycles. The van der Waals surface area contributed by atoms with E-state index >= 15 is 0 Å².